The minimum atomic E-state index is -0.515. The van der Waals surface area contributed by atoms with Gasteiger partial charge in [-0.15, -0.1) is 0 Å². The molecule has 1 fully saturated rings. The van der Waals surface area contributed by atoms with Gasteiger partial charge in [-0.3, -0.25) is 14.9 Å². The van der Waals surface area contributed by atoms with E-state index in [1.165, 1.54) is 24.3 Å². The molecule has 0 radical (unpaired) electrons. The van der Waals surface area contributed by atoms with Gasteiger partial charge in [-0.1, -0.05) is 0 Å². The first-order valence-corrected chi connectivity index (χ1v) is 5.78. The van der Waals surface area contributed by atoms with Crippen molar-refractivity contribution in [3.05, 3.63) is 39.9 Å². The van der Waals surface area contributed by atoms with E-state index in [-0.39, 0.29) is 18.1 Å². The van der Waals surface area contributed by atoms with Gasteiger partial charge in [0.1, 0.15) is 0 Å². The number of rotatable bonds is 5. The van der Waals surface area contributed by atoms with E-state index in [1.54, 1.807) is 0 Å². The molecule has 1 aliphatic carbocycles. The number of hydrogen-bond donors (Lipinski definition) is 2. The van der Waals surface area contributed by atoms with Gasteiger partial charge in [0.2, 0.25) is 0 Å². The smallest absolute Gasteiger partial charge is 0.269 e. The normalized spacial score (nSPS) is 16.1. The van der Waals surface area contributed by atoms with Gasteiger partial charge in [0.25, 0.3) is 11.6 Å². The predicted octanol–water partition coefficient (Wildman–Crippen LogP) is 1.10. The Balaban J connectivity index is 1.89. The summed E-state index contributed by atoms with van der Waals surface area (Å²) < 4.78 is 0. The molecule has 1 saturated carbocycles. The first kappa shape index (κ1) is 12.5. The molecular formula is C12H14N2O4. The Morgan fingerprint density at radius 3 is 2.56 bits per heavy atom. The van der Waals surface area contributed by atoms with Crippen LogP contribution in [-0.2, 0) is 0 Å². The van der Waals surface area contributed by atoms with Gasteiger partial charge < -0.3 is 10.4 Å². The Kier molecular flexibility index (Phi) is 3.57. The van der Waals surface area contributed by atoms with Crippen molar-refractivity contribution >= 4 is 11.6 Å². The maximum absolute atomic E-state index is 11.7. The molecule has 2 rings (SSSR count). The zero-order valence-corrected chi connectivity index (χ0v) is 9.70. The van der Waals surface area contributed by atoms with Gasteiger partial charge in [0.15, 0.2) is 0 Å². The maximum Gasteiger partial charge on any atom is 0.269 e. The molecule has 0 saturated heterocycles. The van der Waals surface area contributed by atoms with Gasteiger partial charge in [-0.2, -0.15) is 0 Å². The van der Waals surface area contributed by atoms with Crippen LogP contribution in [0.15, 0.2) is 24.3 Å². The summed E-state index contributed by atoms with van der Waals surface area (Å²) in [5, 5.41) is 22.7. The lowest BCUT2D eigenvalue weighted by molar-refractivity contribution is -0.384. The van der Waals surface area contributed by atoms with Crippen LogP contribution in [0, 0.1) is 16.0 Å². The quantitative estimate of drug-likeness (QED) is 0.604. The van der Waals surface area contributed by atoms with Crippen molar-refractivity contribution < 1.29 is 14.8 Å². The highest BCUT2D eigenvalue weighted by Crippen LogP contribution is 2.32. The standard InChI is InChI=1S/C12H14N2O4/c15-11(8-1-2-8)7-13-12(16)9-3-5-10(6-4-9)14(17)18/h3-6,8,11,15H,1-2,7H2,(H,13,16). The number of nitrogens with zero attached hydrogens (tertiary/aromatic N) is 1. The third-order valence-corrected chi connectivity index (χ3v) is 2.98. The van der Waals surface area contributed by atoms with E-state index in [0.717, 1.165) is 12.8 Å². The lowest BCUT2D eigenvalue weighted by Crippen LogP contribution is -2.33. The fourth-order valence-electron chi connectivity index (χ4n) is 1.68. The summed E-state index contributed by atoms with van der Waals surface area (Å²) >= 11 is 0. The van der Waals surface area contributed by atoms with Gasteiger partial charge in [-0.05, 0) is 30.9 Å². The highest BCUT2D eigenvalue weighted by atomic mass is 16.6. The molecule has 1 amide bonds. The fourth-order valence-corrected chi connectivity index (χ4v) is 1.68. The Morgan fingerprint density at radius 2 is 2.06 bits per heavy atom. The van der Waals surface area contributed by atoms with Crippen LogP contribution in [0.4, 0.5) is 5.69 Å². The van der Waals surface area contributed by atoms with Crippen molar-refractivity contribution in [3.8, 4) is 0 Å². The molecule has 0 heterocycles. The second-order valence-corrected chi connectivity index (χ2v) is 4.42. The van der Waals surface area contributed by atoms with E-state index < -0.39 is 11.0 Å². The number of nitro benzene ring substituents is 1. The molecule has 6 nitrogen and oxygen atoms in total. The number of non-ortho nitro benzene ring substituents is 1. The van der Waals surface area contributed by atoms with Crippen LogP contribution >= 0.6 is 0 Å². The van der Waals surface area contributed by atoms with E-state index in [9.17, 15) is 20.0 Å². The van der Waals surface area contributed by atoms with Crippen molar-refractivity contribution in [2.75, 3.05) is 6.54 Å². The average Bonchev–Trinajstić information content (AvgIpc) is 3.20. The Labute approximate surface area is 104 Å². The van der Waals surface area contributed by atoms with E-state index in [4.69, 9.17) is 0 Å². The first-order valence-electron chi connectivity index (χ1n) is 5.78. The summed E-state index contributed by atoms with van der Waals surface area (Å²) in [6.45, 7) is 0.223. The van der Waals surface area contributed by atoms with Crippen LogP contribution in [0.5, 0.6) is 0 Å². The molecule has 1 aromatic carbocycles. The summed E-state index contributed by atoms with van der Waals surface area (Å²) in [5.41, 5.74) is 0.299. The molecule has 96 valence electrons. The van der Waals surface area contributed by atoms with E-state index >= 15 is 0 Å². The molecule has 0 spiro atoms. The molecule has 18 heavy (non-hydrogen) atoms. The molecule has 6 heteroatoms. The highest BCUT2D eigenvalue weighted by Gasteiger charge is 2.29. The number of amides is 1. The summed E-state index contributed by atoms with van der Waals surface area (Å²) in [6.07, 6.45) is 1.52. The monoisotopic (exact) mass is 250 g/mol. The first-order chi connectivity index (χ1) is 8.58. The van der Waals surface area contributed by atoms with Gasteiger partial charge in [0, 0.05) is 24.2 Å². The average molecular weight is 250 g/mol. The van der Waals surface area contributed by atoms with Crippen LogP contribution in [0.2, 0.25) is 0 Å². The van der Waals surface area contributed by atoms with Gasteiger partial charge in [0.05, 0.1) is 11.0 Å². The lowest BCUT2D eigenvalue weighted by Gasteiger charge is -2.10. The second kappa shape index (κ2) is 5.14. The van der Waals surface area contributed by atoms with Gasteiger partial charge in [-0.25, -0.2) is 0 Å². The number of nitro groups is 1. The molecule has 2 N–H and O–H groups in total. The molecule has 0 aliphatic heterocycles. The molecule has 0 aromatic heterocycles. The Bertz CT molecular complexity index is 454. The predicted molar refractivity (Wildman–Crippen MR) is 64.2 cm³/mol. The topological polar surface area (TPSA) is 92.5 Å². The Hall–Kier alpha value is -1.95. The highest BCUT2D eigenvalue weighted by molar-refractivity contribution is 5.94. The number of carbonyl (C=O) groups excluding carboxylic acids is 1. The minimum Gasteiger partial charge on any atom is -0.391 e. The molecular weight excluding hydrogens is 236 g/mol. The number of aliphatic hydroxyl groups is 1. The van der Waals surface area contributed by atoms with Crippen molar-refractivity contribution in [3.63, 3.8) is 0 Å². The number of hydrogen-bond acceptors (Lipinski definition) is 4. The van der Waals surface area contributed by atoms with Crippen LogP contribution in [-0.4, -0.2) is 28.6 Å². The van der Waals surface area contributed by atoms with Crippen LogP contribution in [0.1, 0.15) is 23.2 Å². The van der Waals surface area contributed by atoms with Crippen molar-refractivity contribution in [1.29, 1.82) is 0 Å². The third kappa shape index (κ3) is 3.04. The zero-order chi connectivity index (χ0) is 13.1. The summed E-state index contributed by atoms with van der Waals surface area (Å²) in [7, 11) is 0. The van der Waals surface area contributed by atoms with Crippen LogP contribution in [0.25, 0.3) is 0 Å². The number of aliphatic hydroxyl groups excluding tert-OH is 1. The summed E-state index contributed by atoms with van der Waals surface area (Å²) in [4.78, 5) is 21.6. The molecule has 0 bridgehead atoms. The van der Waals surface area contributed by atoms with E-state index in [1.807, 2.05) is 0 Å². The zero-order valence-electron chi connectivity index (χ0n) is 9.70. The van der Waals surface area contributed by atoms with E-state index in [2.05, 4.69) is 5.32 Å². The fraction of sp³-hybridized carbons (Fsp3) is 0.417. The van der Waals surface area contributed by atoms with Gasteiger partial charge >= 0.3 is 0 Å². The Morgan fingerprint density at radius 1 is 1.44 bits per heavy atom. The SMILES string of the molecule is O=C(NCC(O)C1CC1)c1ccc([N+](=O)[O-])cc1. The lowest BCUT2D eigenvalue weighted by atomic mass is 10.2. The molecule has 1 atom stereocenters. The molecule has 1 unspecified atom stereocenters. The third-order valence-electron chi connectivity index (χ3n) is 2.98. The number of nitrogens with one attached hydrogen (secondary N) is 1. The largest absolute Gasteiger partial charge is 0.391 e. The maximum atomic E-state index is 11.7. The van der Waals surface area contributed by atoms with Crippen molar-refractivity contribution in [1.82, 2.24) is 5.32 Å². The molecule has 1 aromatic rings. The number of benzene rings is 1. The minimum absolute atomic E-state index is 0.0513. The summed E-state index contributed by atoms with van der Waals surface area (Å²) in [5.74, 6) is -0.0215. The van der Waals surface area contributed by atoms with Crippen molar-refractivity contribution in [2.24, 2.45) is 5.92 Å². The van der Waals surface area contributed by atoms with E-state index in [0.29, 0.717) is 11.5 Å². The van der Waals surface area contributed by atoms with Crippen molar-refractivity contribution in [2.45, 2.75) is 18.9 Å². The van der Waals surface area contributed by atoms with Crippen LogP contribution in [0.3, 0.4) is 0 Å². The molecule has 1 aliphatic rings. The number of carbonyl (C=O) groups is 1. The summed E-state index contributed by atoms with van der Waals surface area (Å²) in [6, 6.07) is 5.37. The second-order valence-electron chi connectivity index (χ2n) is 4.42. The van der Waals surface area contributed by atoms with Crippen LogP contribution < -0.4 is 5.32 Å².